The van der Waals surface area contributed by atoms with Gasteiger partial charge in [-0.2, -0.15) is 0 Å². The first-order chi connectivity index (χ1) is 6.67. The van der Waals surface area contributed by atoms with E-state index in [-0.39, 0.29) is 10.6 Å². The second-order valence-corrected chi connectivity index (χ2v) is 3.14. The summed E-state index contributed by atoms with van der Waals surface area (Å²) in [6, 6.07) is 0. The molecule has 0 saturated carbocycles. The summed E-state index contributed by atoms with van der Waals surface area (Å²) in [4.78, 5) is 10.5. The van der Waals surface area contributed by atoms with Gasteiger partial charge in [-0.1, -0.05) is 33.3 Å². The summed E-state index contributed by atoms with van der Waals surface area (Å²) < 4.78 is 0. The summed E-state index contributed by atoms with van der Waals surface area (Å²) in [5.41, 5.74) is 1.16. The number of nitrogens with zero attached hydrogens (tertiary/aromatic N) is 1. The summed E-state index contributed by atoms with van der Waals surface area (Å²) in [5.74, 6) is 0. The minimum atomic E-state index is -0.277. The zero-order valence-corrected chi connectivity index (χ0v) is 9.25. The SMILES string of the molecule is CC/C=C(CCC)\C(=C/CC)[N+](=O)[O-]. The zero-order chi connectivity index (χ0) is 11.0. The molecule has 3 nitrogen and oxygen atoms in total. The Morgan fingerprint density at radius 2 is 1.79 bits per heavy atom. The van der Waals surface area contributed by atoms with E-state index in [0.29, 0.717) is 6.42 Å². The minimum absolute atomic E-state index is 0.277. The van der Waals surface area contributed by atoms with Crippen LogP contribution in [0.1, 0.15) is 46.5 Å². The number of hydrogen-bond acceptors (Lipinski definition) is 2. The predicted molar refractivity (Wildman–Crippen MR) is 58.7 cm³/mol. The zero-order valence-electron chi connectivity index (χ0n) is 9.25. The molecule has 0 amide bonds. The van der Waals surface area contributed by atoms with E-state index < -0.39 is 0 Å². The number of allylic oxidation sites excluding steroid dienone is 3. The van der Waals surface area contributed by atoms with Gasteiger partial charge in [-0.15, -0.1) is 0 Å². The van der Waals surface area contributed by atoms with E-state index in [2.05, 4.69) is 0 Å². The van der Waals surface area contributed by atoms with E-state index in [4.69, 9.17) is 0 Å². The maximum Gasteiger partial charge on any atom is 0.268 e. The van der Waals surface area contributed by atoms with Crippen LogP contribution in [-0.4, -0.2) is 4.92 Å². The molecule has 0 aliphatic carbocycles. The van der Waals surface area contributed by atoms with Crippen molar-refractivity contribution in [2.75, 3.05) is 0 Å². The van der Waals surface area contributed by atoms with Crippen LogP contribution in [-0.2, 0) is 0 Å². The normalized spacial score (nSPS) is 13.1. The Morgan fingerprint density at radius 3 is 2.14 bits per heavy atom. The fourth-order valence-corrected chi connectivity index (χ4v) is 1.37. The first kappa shape index (κ1) is 12.9. The fourth-order valence-electron chi connectivity index (χ4n) is 1.37. The highest BCUT2D eigenvalue weighted by Crippen LogP contribution is 2.18. The van der Waals surface area contributed by atoms with E-state index in [9.17, 15) is 10.1 Å². The number of hydrogen-bond donors (Lipinski definition) is 0. The highest BCUT2D eigenvalue weighted by Gasteiger charge is 2.14. The molecular formula is C11H19NO2. The summed E-state index contributed by atoms with van der Waals surface area (Å²) >= 11 is 0. The third-order valence-electron chi connectivity index (χ3n) is 1.89. The largest absolute Gasteiger partial charge is 0.268 e. The molecule has 0 aliphatic rings. The van der Waals surface area contributed by atoms with Crippen LogP contribution in [0.3, 0.4) is 0 Å². The topological polar surface area (TPSA) is 43.1 Å². The summed E-state index contributed by atoms with van der Waals surface area (Å²) in [7, 11) is 0. The monoisotopic (exact) mass is 197 g/mol. The van der Waals surface area contributed by atoms with Crippen LogP contribution in [0.5, 0.6) is 0 Å². The van der Waals surface area contributed by atoms with Gasteiger partial charge in [0, 0.05) is 5.57 Å². The summed E-state index contributed by atoms with van der Waals surface area (Å²) in [6.07, 6.45) is 6.94. The van der Waals surface area contributed by atoms with Crippen molar-refractivity contribution in [3.05, 3.63) is 33.5 Å². The minimum Gasteiger partial charge on any atom is -0.258 e. The maximum atomic E-state index is 10.8. The second kappa shape index (κ2) is 7.30. The molecule has 0 spiro atoms. The Bertz CT molecular complexity index is 242. The molecule has 0 unspecified atom stereocenters. The predicted octanol–water partition coefficient (Wildman–Crippen LogP) is 3.69. The Kier molecular flexibility index (Phi) is 6.72. The van der Waals surface area contributed by atoms with Gasteiger partial charge in [-0.05, 0) is 25.3 Å². The van der Waals surface area contributed by atoms with Gasteiger partial charge in [0.05, 0.1) is 4.92 Å². The lowest BCUT2D eigenvalue weighted by Gasteiger charge is -2.02. The van der Waals surface area contributed by atoms with Gasteiger partial charge in [0.2, 0.25) is 0 Å². The van der Waals surface area contributed by atoms with Crippen molar-refractivity contribution in [3.8, 4) is 0 Å². The van der Waals surface area contributed by atoms with Crippen molar-refractivity contribution >= 4 is 0 Å². The van der Waals surface area contributed by atoms with E-state index in [1.165, 1.54) is 0 Å². The molecule has 0 N–H and O–H groups in total. The van der Waals surface area contributed by atoms with E-state index >= 15 is 0 Å². The molecule has 0 aromatic rings. The third-order valence-corrected chi connectivity index (χ3v) is 1.89. The highest BCUT2D eigenvalue weighted by molar-refractivity contribution is 5.24. The molecule has 3 heteroatoms. The van der Waals surface area contributed by atoms with Crippen molar-refractivity contribution < 1.29 is 4.92 Å². The number of nitro groups is 1. The first-order valence-corrected chi connectivity index (χ1v) is 5.21. The first-order valence-electron chi connectivity index (χ1n) is 5.21. The van der Waals surface area contributed by atoms with Crippen LogP contribution >= 0.6 is 0 Å². The highest BCUT2D eigenvalue weighted by atomic mass is 16.6. The molecule has 0 aliphatic heterocycles. The molecule has 0 radical (unpaired) electrons. The average Bonchev–Trinajstić information content (AvgIpc) is 2.13. The average molecular weight is 197 g/mol. The van der Waals surface area contributed by atoms with E-state index in [1.807, 2.05) is 26.8 Å². The molecule has 14 heavy (non-hydrogen) atoms. The lowest BCUT2D eigenvalue weighted by molar-refractivity contribution is -0.421. The standard InChI is InChI=1S/C11H19NO2/c1-4-7-10(8-5-2)11(9-6-3)12(13)14/h7,9H,4-6,8H2,1-3H3/b10-7-,11-9+. The molecular weight excluding hydrogens is 178 g/mol. The van der Waals surface area contributed by atoms with E-state index in [0.717, 1.165) is 24.8 Å². The van der Waals surface area contributed by atoms with Gasteiger partial charge < -0.3 is 0 Å². The molecule has 0 aromatic carbocycles. The summed E-state index contributed by atoms with van der Waals surface area (Å²) in [5, 5.41) is 10.8. The Hall–Kier alpha value is -1.12. The Morgan fingerprint density at radius 1 is 1.21 bits per heavy atom. The fraction of sp³-hybridized carbons (Fsp3) is 0.636. The van der Waals surface area contributed by atoms with Gasteiger partial charge >= 0.3 is 0 Å². The van der Waals surface area contributed by atoms with Crippen molar-refractivity contribution in [2.24, 2.45) is 0 Å². The number of rotatable bonds is 6. The summed E-state index contributed by atoms with van der Waals surface area (Å²) in [6.45, 7) is 5.95. The van der Waals surface area contributed by atoms with Gasteiger partial charge in [-0.3, -0.25) is 10.1 Å². The van der Waals surface area contributed by atoms with Crippen LogP contribution in [0.2, 0.25) is 0 Å². The lowest BCUT2D eigenvalue weighted by Crippen LogP contribution is -2.02. The van der Waals surface area contributed by atoms with Gasteiger partial charge in [-0.25, -0.2) is 0 Å². The lowest BCUT2D eigenvalue weighted by atomic mass is 10.1. The van der Waals surface area contributed by atoms with Crippen molar-refractivity contribution in [2.45, 2.75) is 46.5 Å². The van der Waals surface area contributed by atoms with Crippen LogP contribution in [0.15, 0.2) is 23.4 Å². The van der Waals surface area contributed by atoms with Crippen molar-refractivity contribution in [1.29, 1.82) is 0 Å². The van der Waals surface area contributed by atoms with Gasteiger partial charge in [0.25, 0.3) is 5.70 Å². The Balaban J connectivity index is 4.83. The molecule has 0 atom stereocenters. The van der Waals surface area contributed by atoms with Gasteiger partial charge in [0.1, 0.15) is 0 Å². The van der Waals surface area contributed by atoms with Crippen LogP contribution in [0.4, 0.5) is 0 Å². The van der Waals surface area contributed by atoms with E-state index in [1.54, 1.807) is 6.08 Å². The molecule has 80 valence electrons. The smallest absolute Gasteiger partial charge is 0.258 e. The molecule has 0 bridgehead atoms. The maximum absolute atomic E-state index is 10.8. The molecule has 0 heterocycles. The van der Waals surface area contributed by atoms with Crippen molar-refractivity contribution in [1.82, 2.24) is 0 Å². The Labute approximate surface area is 85.7 Å². The third kappa shape index (κ3) is 4.21. The van der Waals surface area contributed by atoms with Crippen LogP contribution < -0.4 is 0 Å². The molecule has 0 aromatic heterocycles. The molecule has 0 saturated heterocycles. The second-order valence-electron chi connectivity index (χ2n) is 3.14. The van der Waals surface area contributed by atoms with Crippen LogP contribution in [0.25, 0.3) is 0 Å². The van der Waals surface area contributed by atoms with Crippen molar-refractivity contribution in [3.63, 3.8) is 0 Å². The molecule has 0 rings (SSSR count). The van der Waals surface area contributed by atoms with Crippen LogP contribution in [0, 0.1) is 10.1 Å². The van der Waals surface area contributed by atoms with Gasteiger partial charge in [0.15, 0.2) is 0 Å². The molecule has 0 fully saturated rings. The quantitative estimate of drug-likeness (QED) is 0.370.